The summed E-state index contributed by atoms with van der Waals surface area (Å²) in [5.41, 5.74) is 2.21. The SMILES string of the molecule is C=Cc1ccc(Cn2c(=O)n(CC3CCC(C(=O)NCCCOC)CC3)c(=O)c3sccc32)cc1. The quantitative estimate of drug-likeness (QED) is 0.433. The predicted molar refractivity (Wildman–Crippen MR) is 141 cm³/mol. The van der Waals surface area contributed by atoms with Gasteiger partial charge in [0, 0.05) is 32.7 Å². The van der Waals surface area contributed by atoms with Crippen molar-refractivity contribution in [3.8, 4) is 0 Å². The highest BCUT2D eigenvalue weighted by molar-refractivity contribution is 7.17. The van der Waals surface area contributed by atoms with Crippen LogP contribution in [0.25, 0.3) is 16.3 Å². The number of nitrogens with one attached hydrogen (secondary N) is 1. The molecular weight excluding hydrogens is 462 g/mol. The Kier molecular flexibility index (Phi) is 8.36. The standard InChI is InChI=1S/C27H33N3O4S/c1-3-19-5-7-20(8-6-19)17-29-23-13-16-35-24(23)26(32)30(27(29)33)18-21-9-11-22(12-10-21)25(31)28-14-4-15-34-2/h3,5-8,13,16,21-22H,1,4,9-12,14-15,17-18H2,2H3,(H,28,31). The fraction of sp³-hybridized carbons (Fsp3) is 0.444. The van der Waals surface area contributed by atoms with Gasteiger partial charge in [-0.25, -0.2) is 4.79 Å². The van der Waals surface area contributed by atoms with E-state index in [1.54, 1.807) is 17.8 Å². The molecule has 2 aromatic heterocycles. The van der Waals surface area contributed by atoms with Gasteiger partial charge in [0.05, 0.1) is 12.1 Å². The van der Waals surface area contributed by atoms with E-state index in [0.29, 0.717) is 36.5 Å². The highest BCUT2D eigenvalue weighted by Crippen LogP contribution is 2.30. The number of hydrogen-bond acceptors (Lipinski definition) is 5. The summed E-state index contributed by atoms with van der Waals surface area (Å²) >= 11 is 1.38. The lowest BCUT2D eigenvalue weighted by Gasteiger charge is -2.28. The number of methoxy groups -OCH3 is 1. The molecule has 1 N–H and O–H groups in total. The zero-order valence-electron chi connectivity index (χ0n) is 20.2. The first-order chi connectivity index (χ1) is 17.0. The van der Waals surface area contributed by atoms with Crippen molar-refractivity contribution >= 4 is 33.5 Å². The average molecular weight is 496 g/mol. The second-order valence-corrected chi connectivity index (χ2v) is 10.1. The molecule has 0 atom stereocenters. The molecule has 8 heteroatoms. The van der Waals surface area contributed by atoms with Crippen LogP contribution in [0, 0.1) is 11.8 Å². The van der Waals surface area contributed by atoms with Crippen molar-refractivity contribution in [2.45, 2.75) is 45.2 Å². The Morgan fingerprint density at radius 3 is 2.57 bits per heavy atom. The smallest absolute Gasteiger partial charge is 0.331 e. The summed E-state index contributed by atoms with van der Waals surface area (Å²) in [5, 5.41) is 4.86. The third-order valence-electron chi connectivity index (χ3n) is 6.88. The Morgan fingerprint density at radius 1 is 1.14 bits per heavy atom. The van der Waals surface area contributed by atoms with Gasteiger partial charge in [-0.1, -0.05) is 36.9 Å². The number of nitrogens with zero attached hydrogens (tertiary/aromatic N) is 2. The van der Waals surface area contributed by atoms with E-state index in [9.17, 15) is 14.4 Å². The van der Waals surface area contributed by atoms with Crippen molar-refractivity contribution in [3.63, 3.8) is 0 Å². The number of thiophene rings is 1. The molecule has 1 fully saturated rings. The molecular formula is C27H33N3O4S. The maximum atomic E-state index is 13.5. The molecule has 1 aromatic carbocycles. The number of hydrogen-bond donors (Lipinski definition) is 1. The van der Waals surface area contributed by atoms with Gasteiger partial charge in [-0.15, -0.1) is 11.3 Å². The molecule has 0 spiro atoms. The third-order valence-corrected chi connectivity index (χ3v) is 7.77. The molecule has 186 valence electrons. The fourth-order valence-corrected chi connectivity index (χ4v) is 5.67. The Morgan fingerprint density at radius 2 is 1.89 bits per heavy atom. The summed E-state index contributed by atoms with van der Waals surface area (Å²) < 4.78 is 8.74. The Balaban J connectivity index is 1.48. The first-order valence-electron chi connectivity index (χ1n) is 12.2. The summed E-state index contributed by atoms with van der Waals surface area (Å²) in [6.45, 7) is 5.84. The van der Waals surface area contributed by atoms with Crippen LogP contribution in [0.1, 0.15) is 43.2 Å². The first-order valence-corrected chi connectivity index (χ1v) is 13.1. The number of fused-ring (bicyclic) bond motifs is 1. The number of rotatable bonds is 10. The lowest BCUT2D eigenvalue weighted by Crippen LogP contribution is -2.42. The van der Waals surface area contributed by atoms with Crippen molar-refractivity contribution in [1.29, 1.82) is 0 Å². The summed E-state index contributed by atoms with van der Waals surface area (Å²) in [5.74, 6) is 0.303. The van der Waals surface area contributed by atoms with Gasteiger partial charge < -0.3 is 10.1 Å². The van der Waals surface area contributed by atoms with Crippen LogP contribution in [0.5, 0.6) is 0 Å². The Bertz CT molecular complexity index is 1280. The van der Waals surface area contributed by atoms with E-state index >= 15 is 0 Å². The number of ether oxygens (including phenoxy) is 1. The Hall–Kier alpha value is -2.97. The predicted octanol–water partition coefficient (Wildman–Crippen LogP) is 3.88. The van der Waals surface area contributed by atoms with Crippen LogP contribution in [-0.2, 0) is 22.6 Å². The van der Waals surface area contributed by atoms with E-state index in [0.717, 1.165) is 43.2 Å². The zero-order valence-corrected chi connectivity index (χ0v) is 21.0. The van der Waals surface area contributed by atoms with Gasteiger partial charge in [0.2, 0.25) is 5.91 Å². The van der Waals surface area contributed by atoms with Crippen LogP contribution in [0.2, 0.25) is 0 Å². The molecule has 0 aliphatic heterocycles. The number of carbonyl (C=O) groups excluding carboxylic acids is 1. The van der Waals surface area contributed by atoms with Gasteiger partial charge in [-0.2, -0.15) is 0 Å². The van der Waals surface area contributed by atoms with Gasteiger partial charge in [0.25, 0.3) is 5.56 Å². The molecule has 0 saturated heterocycles. The van der Waals surface area contributed by atoms with Gasteiger partial charge in [-0.05, 0) is 60.6 Å². The van der Waals surface area contributed by atoms with E-state index in [2.05, 4.69) is 11.9 Å². The fourth-order valence-electron chi connectivity index (χ4n) is 4.83. The molecule has 0 radical (unpaired) electrons. The monoisotopic (exact) mass is 495 g/mol. The third kappa shape index (κ3) is 5.82. The second kappa shape index (κ2) is 11.6. The van der Waals surface area contributed by atoms with Crippen molar-refractivity contribution in [1.82, 2.24) is 14.5 Å². The maximum absolute atomic E-state index is 13.5. The van der Waals surface area contributed by atoms with Crippen molar-refractivity contribution < 1.29 is 9.53 Å². The van der Waals surface area contributed by atoms with Crippen molar-refractivity contribution in [3.05, 3.63) is 74.3 Å². The normalized spacial score (nSPS) is 18.0. The van der Waals surface area contributed by atoms with Crippen LogP contribution in [-0.4, -0.2) is 35.3 Å². The summed E-state index contributed by atoms with van der Waals surface area (Å²) in [7, 11) is 1.65. The number of amides is 1. The lowest BCUT2D eigenvalue weighted by molar-refractivity contribution is -0.126. The van der Waals surface area contributed by atoms with Crippen molar-refractivity contribution in [2.24, 2.45) is 11.8 Å². The number of benzene rings is 1. The molecule has 0 bridgehead atoms. The number of aromatic nitrogens is 2. The molecule has 35 heavy (non-hydrogen) atoms. The number of carbonyl (C=O) groups is 1. The van der Waals surface area contributed by atoms with E-state index in [1.807, 2.05) is 35.7 Å². The lowest BCUT2D eigenvalue weighted by atomic mass is 9.81. The van der Waals surface area contributed by atoms with Gasteiger partial charge in [0.1, 0.15) is 4.70 Å². The molecule has 2 heterocycles. The summed E-state index contributed by atoms with van der Waals surface area (Å²) in [6, 6.07) is 9.76. The maximum Gasteiger partial charge on any atom is 0.331 e. The summed E-state index contributed by atoms with van der Waals surface area (Å²) in [6.07, 6.45) is 5.80. The minimum atomic E-state index is -0.272. The Labute approximate surface area is 209 Å². The molecule has 1 aliphatic rings. The van der Waals surface area contributed by atoms with Gasteiger partial charge >= 0.3 is 5.69 Å². The van der Waals surface area contributed by atoms with Crippen LogP contribution in [0.4, 0.5) is 0 Å². The molecule has 1 amide bonds. The van der Waals surface area contributed by atoms with E-state index < -0.39 is 0 Å². The minimum absolute atomic E-state index is 0.000452. The summed E-state index contributed by atoms with van der Waals surface area (Å²) in [4.78, 5) is 39.1. The molecule has 4 rings (SSSR count). The van der Waals surface area contributed by atoms with Gasteiger partial charge in [-0.3, -0.25) is 18.7 Å². The van der Waals surface area contributed by atoms with Crippen LogP contribution < -0.4 is 16.6 Å². The highest BCUT2D eigenvalue weighted by Gasteiger charge is 2.27. The van der Waals surface area contributed by atoms with Crippen LogP contribution in [0.15, 0.2) is 51.9 Å². The van der Waals surface area contributed by atoms with Gasteiger partial charge in [0.15, 0.2) is 0 Å². The molecule has 0 unspecified atom stereocenters. The zero-order chi connectivity index (χ0) is 24.8. The minimum Gasteiger partial charge on any atom is -0.385 e. The average Bonchev–Trinajstić information content (AvgIpc) is 3.38. The molecule has 1 saturated carbocycles. The van der Waals surface area contributed by atoms with E-state index in [4.69, 9.17) is 4.74 Å². The second-order valence-electron chi connectivity index (χ2n) is 9.22. The van der Waals surface area contributed by atoms with Crippen molar-refractivity contribution in [2.75, 3.05) is 20.3 Å². The largest absolute Gasteiger partial charge is 0.385 e. The molecule has 3 aromatic rings. The van der Waals surface area contributed by atoms with E-state index in [-0.39, 0.29) is 29.0 Å². The molecule has 7 nitrogen and oxygen atoms in total. The van der Waals surface area contributed by atoms with Crippen LogP contribution >= 0.6 is 11.3 Å². The van der Waals surface area contributed by atoms with E-state index in [1.165, 1.54) is 15.9 Å². The van der Waals surface area contributed by atoms with Crippen LogP contribution in [0.3, 0.4) is 0 Å². The first kappa shape index (κ1) is 25.1. The molecule has 1 aliphatic carbocycles. The highest BCUT2D eigenvalue weighted by atomic mass is 32.1. The topological polar surface area (TPSA) is 82.3 Å².